The Balaban J connectivity index is 3.60. The first-order chi connectivity index (χ1) is 5.54. The van der Waals surface area contributed by atoms with Crippen molar-refractivity contribution in [3.05, 3.63) is 22.3 Å². The molecule has 0 spiro atoms. The summed E-state index contributed by atoms with van der Waals surface area (Å²) in [6, 6.07) is -0.562. The van der Waals surface area contributed by atoms with Crippen molar-refractivity contribution in [2.45, 2.75) is 32.7 Å². The summed E-state index contributed by atoms with van der Waals surface area (Å²) in [6.45, 7) is 3.03. The van der Waals surface area contributed by atoms with Gasteiger partial charge in [-0.1, -0.05) is 12.2 Å². The molecular formula is C8H13NO3. The molecule has 0 aliphatic heterocycles. The van der Waals surface area contributed by atoms with E-state index in [0.29, 0.717) is 12.8 Å². The normalized spacial score (nSPS) is 13.2. The molecule has 0 bridgehead atoms. The number of rotatable bonds is 5. The zero-order valence-electron chi connectivity index (χ0n) is 7.32. The maximum atomic E-state index is 10.4. The second kappa shape index (κ2) is 5.46. The number of ketones is 1. The quantitative estimate of drug-likeness (QED) is 0.358. The van der Waals surface area contributed by atoms with Gasteiger partial charge >= 0.3 is 0 Å². The summed E-state index contributed by atoms with van der Waals surface area (Å²) >= 11 is 0. The molecule has 1 atom stereocenters. The molecule has 4 nitrogen and oxygen atoms in total. The van der Waals surface area contributed by atoms with Gasteiger partial charge in [0.2, 0.25) is 6.04 Å². The van der Waals surface area contributed by atoms with Crippen molar-refractivity contribution >= 4 is 5.78 Å². The van der Waals surface area contributed by atoms with Gasteiger partial charge in [-0.2, -0.15) is 0 Å². The van der Waals surface area contributed by atoms with Gasteiger partial charge in [-0.3, -0.25) is 14.9 Å². The highest BCUT2D eigenvalue weighted by atomic mass is 16.6. The predicted octanol–water partition coefficient (Wildman–Crippen LogP) is 1.58. The first-order valence-electron chi connectivity index (χ1n) is 3.82. The number of hydrogen-bond acceptors (Lipinski definition) is 3. The van der Waals surface area contributed by atoms with Gasteiger partial charge in [0, 0.05) is 24.7 Å². The third-order valence-corrected chi connectivity index (χ3v) is 1.41. The Morgan fingerprint density at radius 2 is 2.17 bits per heavy atom. The van der Waals surface area contributed by atoms with Crippen LogP contribution in [0, 0.1) is 10.1 Å². The molecule has 0 aromatic carbocycles. The van der Waals surface area contributed by atoms with E-state index in [9.17, 15) is 14.9 Å². The molecule has 0 aliphatic carbocycles. The lowest BCUT2D eigenvalue weighted by Gasteiger charge is -1.97. The zero-order chi connectivity index (χ0) is 9.56. The standard InChI is InChI=1S/C8H13NO3/c1-7(9(11)12)5-3-4-6-8(2)10/h3-4,7H,5-6H2,1-2H3/b4-3+. The van der Waals surface area contributed by atoms with E-state index >= 15 is 0 Å². The first kappa shape index (κ1) is 10.8. The fourth-order valence-electron chi connectivity index (χ4n) is 0.629. The molecule has 0 saturated heterocycles. The van der Waals surface area contributed by atoms with Crippen molar-refractivity contribution in [1.29, 1.82) is 0 Å². The summed E-state index contributed by atoms with van der Waals surface area (Å²) in [5.41, 5.74) is 0. The molecule has 4 heteroatoms. The van der Waals surface area contributed by atoms with E-state index in [0.717, 1.165) is 0 Å². The highest BCUT2D eigenvalue weighted by molar-refractivity contribution is 5.76. The van der Waals surface area contributed by atoms with Crippen molar-refractivity contribution in [2.24, 2.45) is 0 Å². The molecule has 68 valence electrons. The van der Waals surface area contributed by atoms with Crippen molar-refractivity contribution < 1.29 is 9.72 Å². The van der Waals surface area contributed by atoms with E-state index in [1.165, 1.54) is 13.8 Å². The summed E-state index contributed by atoms with van der Waals surface area (Å²) in [5, 5.41) is 10.1. The minimum absolute atomic E-state index is 0.0695. The smallest absolute Gasteiger partial charge is 0.213 e. The van der Waals surface area contributed by atoms with E-state index in [1.807, 2.05) is 0 Å². The number of carbonyl (C=O) groups is 1. The molecule has 0 aliphatic rings. The van der Waals surface area contributed by atoms with Crippen LogP contribution in [-0.2, 0) is 4.79 Å². The Bertz CT molecular complexity index is 198. The molecule has 0 saturated carbocycles. The average Bonchev–Trinajstić information content (AvgIpc) is 1.97. The van der Waals surface area contributed by atoms with Crippen LogP contribution in [0.2, 0.25) is 0 Å². The van der Waals surface area contributed by atoms with Crippen LogP contribution in [0.3, 0.4) is 0 Å². The van der Waals surface area contributed by atoms with Crippen molar-refractivity contribution in [3.63, 3.8) is 0 Å². The Morgan fingerprint density at radius 3 is 2.58 bits per heavy atom. The lowest BCUT2D eigenvalue weighted by atomic mass is 10.2. The molecule has 0 radical (unpaired) electrons. The summed E-state index contributed by atoms with van der Waals surface area (Å²) in [6.07, 6.45) is 4.10. The second-order valence-corrected chi connectivity index (χ2v) is 2.75. The lowest BCUT2D eigenvalue weighted by molar-refractivity contribution is -0.517. The number of nitrogens with zero attached hydrogens (tertiary/aromatic N) is 1. The number of nitro groups is 1. The van der Waals surface area contributed by atoms with Gasteiger partial charge in [0.05, 0.1) is 0 Å². The SMILES string of the molecule is CC(=O)C/C=C/CC(C)[N+](=O)[O-]. The van der Waals surface area contributed by atoms with Crippen LogP contribution in [-0.4, -0.2) is 16.7 Å². The van der Waals surface area contributed by atoms with Crippen molar-refractivity contribution in [2.75, 3.05) is 0 Å². The van der Waals surface area contributed by atoms with Crippen LogP contribution < -0.4 is 0 Å². The van der Waals surface area contributed by atoms with E-state index in [1.54, 1.807) is 12.2 Å². The first-order valence-corrected chi connectivity index (χ1v) is 3.82. The molecule has 0 rings (SSSR count). The van der Waals surface area contributed by atoms with Crippen LogP contribution in [0.5, 0.6) is 0 Å². The third-order valence-electron chi connectivity index (χ3n) is 1.41. The number of carbonyl (C=O) groups excluding carboxylic acids is 1. The minimum Gasteiger partial charge on any atom is -0.300 e. The van der Waals surface area contributed by atoms with Crippen LogP contribution in [0.15, 0.2) is 12.2 Å². The third kappa shape index (κ3) is 5.58. The maximum Gasteiger partial charge on any atom is 0.213 e. The monoisotopic (exact) mass is 171 g/mol. The Kier molecular flexibility index (Phi) is 4.92. The molecule has 12 heavy (non-hydrogen) atoms. The predicted molar refractivity (Wildman–Crippen MR) is 45.5 cm³/mol. The minimum atomic E-state index is -0.562. The van der Waals surface area contributed by atoms with Crippen LogP contribution in [0.1, 0.15) is 26.7 Å². The van der Waals surface area contributed by atoms with E-state index in [2.05, 4.69) is 0 Å². The maximum absolute atomic E-state index is 10.4. The van der Waals surface area contributed by atoms with Gasteiger partial charge in [0.1, 0.15) is 5.78 Å². The van der Waals surface area contributed by atoms with Gasteiger partial charge in [-0.15, -0.1) is 0 Å². The van der Waals surface area contributed by atoms with Gasteiger partial charge in [-0.25, -0.2) is 0 Å². The van der Waals surface area contributed by atoms with Crippen LogP contribution in [0.4, 0.5) is 0 Å². The Morgan fingerprint density at radius 1 is 1.58 bits per heavy atom. The molecular weight excluding hydrogens is 158 g/mol. The number of allylic oxidation sites excluding steroid dienone is 1. The Labute approximate surface area is 71.4 Å². The molecule has 1 unspecified atom stereocenters. The Hall–Kier alpha value is -1.19. The number of hydrogen-bond donors (Lipinski definition) is 0. The van der Waals surface area contributed by atoms with Crippen LogP contribution >= 0.6 is 0 Å². The fraction of sp³-hybridized carbons (Fsp3) is 0.625. The fourth-order valence-corrected chi connectivity index (χ4v) is 0.629. The van der Waals surface area contributed by atoms with Gasteiger partial charge < -0.3 is 0 Å². The van der Waals surface area contributed by atoms with Gasteiger partial charge in [-0.05, 0) is 6.92 Å². The molecule has 0 fully saturated rings. The molecule has 0 N–H and O–H groups in total. The van der Waals surface area contributed by atoms with E-state index < -0.39 is 6.04 Å². The van der Waals surface area contributed by atoms with Crippen molar-refractivity contribution in [3.8, 4) is 0 Å². The van der Waals surface area contributed by atoms with E-state index in [4.69, 9.17) is 0 Å². The van der Waals surface area contributed by atoms with Crippen molar-refractivity contribution in [1.82, 2.24) is 0 Å². The summed E-state index contributed by atoms with van der Waals surface area (Å²) in [7, 11) is 0. The topological polar surface area (TPSA) is 60.2 Å². The van der Waals surface area contributed by atoms with Gasteiger partial charge in [0.15, 0.2) is 0 Å². The van der Waals surface area contributed by atoms with Gasteiger partial charge in [0.25, 0.3) is 0 Å². The average molecular weight is 171 g/mol. The second-order valence-electron chi connectivity index (χ2n) is 2.75. The largest absolute Gasteiger partial charge is 0.300 e. The molecule has 0 amide bonds. The van der Waals surface area contributed by atoms with E-state index in [-0.39, 0.29) is 10.7 Å². The summed E-state index contributed by atoms with van der Waals surface area (Å²) in [5.74, 6) is 0.0695. The highest BCUT2D eigenvalue weighted by Crippen LogP contribution is 1.97. The molecule has 0 aromatic heterocycles. The lowest BCUT2D eigenvalue weighted by Crippen LogP contribution is -2.13. The zero-order valence-corrected chi connectivity index (χ0v) is 7.32. The molecule has 0 heterocycles. The van der Waals surface area contributed by atoms with Crippen LogP contribution in [0.25, 0.3) is 0 Å². The summed E-state index contributed by atoms with van der Waals surface area (Å²) in [4.78, 5) is 20.2. The number of Topliss-reactive ketones (excluding diaryl/α,β-unsaturated/α-hetero) is 1. The summed E-state index contributed by atoms with van der Waals surface area (Å²) < 4.78 is 0. The molecule has 0 aromatic rings. The highest BCUT2D eigenvalue weighted by Gasteiger charge is 2.08.